The molecule has 13 nitrogen and oxygen atoms in total. The summed E-state index contributed by atoms with van der Waals surface area (Å²) in [5.74, 6) is -0.269. The van der Waals surface area contributed by atoms with E-state index < -0.39 is 28.4 Å². The standard InChI is InChI=1S/C20H41N7O6/c1-19(2,3)32-17(28)24-12-8-7-11-22-14-15(25-18(29)33-20(4,5)6)10-9-13-23-16(21)26-27(30)31/h15,22H,7-14H2,1-6H3,(H,24,28)(H,25,29)(H3,21,23,26)/t15-/m0/s1. The molecule has 192 valence electrons. The topological polar surface area (TPSA) is 182 Å². The number of unbranched alkanes of at least 4 members (excludes halogenated alkanes) is 1. The lowest BCUT2D eigenvalue weighted by Crippen LogP contribution is -2.44. The lowest BCUT2D eigenvalue weighted by atomic mass is 10.1. The van der Waals surface area contributed by atoms with Crippen LogP contribution in [-0.4, -0.2) is 66.6 Å². The first-order valence-corrected chi connectivity index (χ1v) is 11.1. The number of hydrogen-bond donors (Lipinski definition) is 5. The van der Waals surface area contributed by atoms with E-state index in [1.165, 1.54) is 0 Å². The van der Waals surface area contributed by atoms with E-state index in [1.54, 1.807) is 26.2 Å². The maximum Gasteiger partial charge on any atom is 0.407 e. The maximum atomic E-state index is 12.1. The first-order valence-electron chi connectivity index (χ1n) is 11.1. The van der Waals surface area contributed by atoms with Crippen molar-refractivity contribution in [2.45, 2.75) is 84.5 Å². The van der Waals surface area contributed by atoms with Gasteiger partial charge in [0.2, 0.25) is 0 Å². The molecule has 33 heavy (non-hydrogen) atoms. The van der Waals surface area contributed by atoms with Crippen molar-refractivity contribution in [3.63, 3.8) is 0 Å². The molecule has 0 bridgehead atoms. The summed E-state index contributed by atoms with van der Waals surface area (Å²) in [4.78, 5) is 37.9. The molecular formula is C20H41N7O6. The molecule has 0 aliphatic heterocycles. The fourth-order valence-corrected chi connectivity index (χ4v) is 2.52. The number of hydrogen-bond acceptors (Lipinski definition) is 8. The third-order valence-electron chi connectivity index (χ3n) is 3.76. The Kier molecular flexibility index (Phi) is 13.8. The van der Waals surface area contributed by atoms with E-state index in [9.17, 15) is 19.7 Å². The van der Waals surface area contributed by atoms with Crippen molar-refractivity contribution in [3.05, 3.63) is 10.1 Å². The molecule has 0 aliphatic carbocycles. The number of alkyl carbamates (subject to hydrolysis) is 2. The second-order valence-corrected chi connectivity index (χ2v) is 9.46. The van der Waals surface area contributed by atoms with Crippen LogP contribution in [0.5, 0.6) is 0 Å². The number of aliphatic imine (C=N–C) groups is 1. The summed E-state index contributed by atoms with van der Waals surface area (Å²) in [6, 6.07) is -0.223. The Hall–Kier alpha value is -2.83. The van der Waals surface area contributed by atoms with Crippen LogP contribution in [0.15, 0.2) is 4.99 Å². The summed E-state index contributed by atoms with van der Waals surface area (Å²) in [6.07, 6.45) is 1.77. The van der Waals surface area contributed by atoms with E-state index in [-0.39, 0.29) is 18.5 Å². The van der Waals surface area contributed by atoms with Crippen LogP contribution in [0.4, 0.5) is 9.59 Å². The molecule has 2 amide bonds. The van der Waals surface area contributed by atoms with Gasteiger partial charge in [-0.1, -0.05) is 5.43 Å². The minimum absolute atomic E-state index is 0.223. The molecule has 0 radical (unpaired) electrons. The van der Waals surface area contributed by atoms with Gasteiger partial charge in [0.1, 0.15) is 11.2 Å². The van der Waals surface area contributed by atoms with Gasteiger partial charge in [0.15, 0.2) is 5.03 Å². The molecule has 0 saturated heterocycles. The van der Waals surface area contributed by atoms with Crippen LogP contribution in [0.3, 0.4) is 0 Å². The van der Waals surface area contributed by atoms with Crippen molar-refractivity contribution < 1.29 is 24.1 Å². The summed E-state index contributed by atoms with van der Waals surface area (Å²) < 4.78 is 10.5. The van der Waals surface area contributed by atoms with Crippen molar-refractivity contribution in [2.75, 3.05) is 26.2 Å². The van der Waals surface area contributed by atoms with Crippen LogP contribution >= 0.6 is 0 Å². The normalized spacial score (nSPS) is 13.1. The molecular weight excluding hydrogens is 434 g/mol. The average Bonchev–Trinajstić information content (AvgIpc) is 2.60. The summed E-state index contributed by atoms with van der Waals surface area (Å²) in [5, 5.41) is 18.4. The highest BCUT2D eigenvalue weighted by Gasteiger charge is 2.19. The molecule has 0 aromatic carbocycles. The summed E-state index contributed by atoms with van der Waals surface area (Å²) in [7, 11) is 0. The van der Waals surface area contributed by atoms with E-state index in [0.717, 1.165) is 12.8 Å². The van der Waals surface area contributed by atoms with Gasteiger partial charge in [-0.2, -0.15) is 0 Å². The first-order chi connectivity index (χ1) is 15.2. The number of nitro groups is 1. The van der Waals surface area contributed by atoms with Crippen molar-refractivity contribution in [1.29, 1.82) is 0 Å². The number of carbonyl (C=O) groups excluding carboxylic acids is 2. The first kappa shape index (κ1) is 30.2. The molecule has 0 spiro atoms. The lowest BCUT2D eigenvalue weighted by molar-refractivity contribution is -0.525. The summed E-state index contributed by atoms with van der Waals surface area (Å²) >= 11 is 0. The number of nitrogens with zero attached hydrogens (tertiary/aromatic N) is 2. The van der Waals surface area contributed by atoms with E-state index in [2.05, 4.69) is 20.9 Å². The van der Waals surface area contributed by atoms with Gasteiger partial charge >= 0.3 is 12.2 Å². The largest absolute Gasteiger partial charge is 0.444 e. The molecule has 0 saturated carbocycles. The second-order valence-electron chi connectivity index (χ2n) is 9.46. The van der Waals surface area contributed by atoms with Gasteiger partial charge in [0.25, 0.3) is 5.96 Å². The van der Waals surface area contributed by atoms with E-state index in [0.29, 0.717) is 32.5 Å². The Labute approximate surface area is 195 Å². The predicted octanol–water partition coefficient (Wildman–Crippen LogP) is 1.65. The molecule has 1 atom stereocenters. The predicted molar refractivity (Wildman–Crippen MR) is 125 cm³/mol. The molecule has 0 unspecified atom stereocenters. The zero-order valence-corrected chi connectivity index (χ0v) is 20.7. The SMILES string of the molecule is CC(C)(C)OC(=O)NCCCCNC[C@H](CCCN=C(N)N[N+](=O)[O-])NC(=O)OC(C)(C)C. The highest BCUT2D eigenvalue weighted by molar-refractivity contribution is 5.76. The average molecular weight is 476 g/mol. The zero-order valence-electron chi connectivity index (χ0n) is 20.7. The van der Waals surface area contributed by atoms with Gasteiger partial charge in [0, 0.05) is 25.7 Å². The molecule has 6 N–H and O–H groups in total. The third-order valence-corrected chi connectivity index (χ3v) is 3.76. The Balaban J connectivity index is 4.36. The fourth-order valence-electron chi connectivity index (χ4n) is 2.52. The molecule has 0 aromatic heterocycles. The third kappa shape index (κ3) is 20.8. The maximum absolute atomic E-state index is 12.1. The number of nitrogens with one attached hydrogen (secondary N) is 4. The smallest absolute Gasteiger partial charge is 0.407 e. The lowest BCUT2D eigenvalue weighted by Gasteiger charge is -2.24. The van der Waals surface area contributed by atoms with Gasteiger partial charge in [0.05, 0.1) is 0 Å². The number of hydrazine groups is 1. The van der Waals surface area contributed by atoms with Gasteiger partial charge < -0.3 is 31.2 Å². The van der Waals surface area contributed by atoms with E-state index in [4.69, 9.17) is 15.2 Å². The highest BCUT2D eigenvalue weighted by Crippen LogP contribution is 2.08. The van der Waals surface area contributed by atoms with Crippen molar-refractivity contribution >= 4 is 18.1 Å². The number of amides is 2. The zero-order chi connectivity index (χ0) is 25.5. The molecule has 0 rings (SSSR count). The van der Waals surface area contributed by atoms with Crippen LogP contribution in [0.2, 0.25) is 0 Å². The van der Waals surface area contributed by atoms with Crippen molar-refractivity contribution in [2.24, 2.45) is 10.7 Å². The number of ether oxygens (including phenoxy) is 2. The second kappa shape index (κ2) is 15.1. The van der Waals surface area contributed by atoms with Crippen molar-refractivity contribution in [3.8, 4) is 0 Å². The van der Waals surface area contributed by atoms with E-state index in [1.807, 2.05) is 20.8 Å². The number of guanidine groups is 1. The van der Waals surface area contributed by atoms with Gasteiger partial charge in [-0.15, -0.1) is 0 Å². The van der Waals surface area contributed by atoms with Gasteiger partial charge in [-0.3, -0.25) is 0 Å². The van der Waals surface area contributed by atoms with Crippen molar-refractivity contribution in [1.82, 2.24) is 21.4 Å². The Bertz CT molecular complexity index is 644. The van der Waals surface area contributed by atoms with Crippen LogP contribution in [0, 0.1) is 10.1 Å². The highest BCUT2D eigenvalue weighted by atomic mass is 16.7. The molecule has 0 heterocycles. The number of carbonyl (C=O) groups is 2. The van der Waals surface area contributed by atoms with Gasteiger partial charge in [-0.25, -0.2) is 24.7 Å². The number of rotatable bonds is 13. The van der Waals surface area contributed by atoms with Crippen LogP contribution in [-0.2, 0) is 9.47 Å². The molecule has 13 heteroatoms. The van der Waals surface area contributed by atoms with Gasteiger partial charge in [-0.05, 0) is 73.8 Å². The quantitative estimate of drug-likeness (QED) is 0.0869. The number of nitrogens with two attached hydrogens (primary N) is 1. The summed E-state index contributed by atoms with van der Waals surface area (Å²) in [6.45, 7) is 12.8. The Morgan fingerprint density at radius 2 is 1.58 bits per heavy atom. The van der Waals surface area contributed by atoms with Crippen LogP contribution < -0.4 is 27.1 Å². The Morgan fingerprint density at radius 3 is 2.15 bits per heavy atom. The van der Waals surface area contributed by atoms with Crippen LogP contribution in [0.1, 0.15) is 67.2 Å². The Morgan fingerprint density at radius 1 is 1.00 bits per heavy atom. The summed E-state index contributed by atoms with van der Waals surface area (Å²) in [5.41, 5.74) is 6.03. The molecule has 0 fully saturated rings. The van der Waals surface area contributed by atoms with Crippen LogP contribution in [0.25, 0.3) is 0 Å². The minimum atomic E-state index is -0.779. The molecule has 0 aliphatic rings. The monoisotopic (exact) mass is 475 g/mol. The minimum Gasteiger partial charge on any atom is -0.444 e. The fraction of sp³-hybridized carbons (Fsp3) is 0.850. The van der Waals surface area contributed by atoms with E-state index >= 15 is 0 Å². The molecule has 0 aromatic rings.